The minimum atomic E-state index is -1.00. The molecule has 11 heteroatoms. The van der Waals surface area contributed by atoms with Gasteiger partial charge in [-0.3, -0.25) is 9.80 Å². The average Bonchev–Trinajstić information content (AvgIpc) is 3.41. The first-order valence-electron chi connectivity index (χ1n) is 13.3. The third-order valence-corrected chi connectivity index (χ3v) is 8.04. The number of piperidine rings is 1. The standard InChI is InChI=1S/C29H31FN6O4/c1-28(2,3)40-26(37)34-15-23-24(16-34)29(23,17-31)19-6-4-18(5-7-19)22-9-8-20(12-25(22)30)36-14-21(39-27(36)38)13-35-11-10-32-33-35/h4-12,21,23-24,26,37H,13-16H2,1-3H3/t21-,23-,24+,26?,29?/m0/s1. The lowest BCUT2D eigenvalue weighted by molar-refractivity contribution is -0.236. The maximum Gasteiger partial charge on any atom is 0.414 e. The van der Waals surface area contributed by atoms with Crippen molar-refractivity contribution in [1.29, 1.82) is 5.26 Å². The highest BCUT2D eigenvalue weighted by atomic mass is 19.1. The first-order valence-corrected chi connectivity index (χ1v) is 13.3. The number of benzene rings is 2. The summed E-state index contributed by atoms with van der Waals surface area (Å²) in [6.07, 6.45) is 1.29. The highest BCUT2D eigenvalue weighted by Crippen LogP contribution is 2.63. The van der Waals surface area contributed by atoms with E-state index in [2.05, 4.69) is 16.4 Å². The van der Waals surface area contributed by atoms with Crippen molar-refractivity contribution in [3.05, 3.63) is 66.2 Å². The normalized spacial score (nSPS) is 26.9. The van der Waals surface area contributed by atoms with Gasteiger partial charge in [0.25, 0.3) is 0 Å². The van der Waals surface area contributed by atoms with Crippen molar-refractivity contribution in [3.63, 3.8) is 0 Å². The Morgan fingerprint density at radius 2 is 1.93 bits per heavy atom. The minimum absolute atomic E-state index is 0.103. The van der Waals surface area contributed by atoms with Crippen molar-refractivity contribution >= 4 is 11.8 Å². The van der Waals surface area contributed by atoms with Crippen LogP contribution in [0, 0.1) is 29.0 Å². The monoisotopic (exact) mass is 546 g/mol. The SMILES string of the molecule is CC(C)(C)OC(O)N1C[C@@H]2[C@H](C1)C2(C#N)c1ccc(-c2ccc(N3C[C@H](Cn4ccnn4)OC3=O)cc2F)cc1. The molecule has 6 rings (SSSR count). The van der Waals surface area contributed by atoms with Crippen LogP contribution in [0.25, 0.3) is 11.1 Å². The number of hydrogen-bond acceptors (Lipinski definition) is 8. The molecule has 2 unspecified atom stereocenters. The number of halogens is 1. The fourth-order valence-corrected chi connectivity index (χ4v) is 6.09. The van der Waals surface area contributed by atoms with Crippen LogP contribution in [0.3, 0.4) is 0 Å². The number of ether oxygens (including phenoxy) is 2. The lowest BCUT2D eigenvalue weighted by Gasteiger charge is -2.32. The molecule has 1 saturated carbocycles. The number of fused-ring (bicyclic) bond motifs is 1. The zero-order valence-corrected chi connectivity index (χ0v) is 22.6. The van der Waals surface area contributed by atoms with Crippen LogP contribution >= 0.6 is 0 Å². The number of carbonyl (C=O) groups is 1. The van der Waals surface area contributed by atoms with Gasteiger partial charge in [0.1, 0.15) is 11.9 Å². The summed E-state index contributed by atoms with van der Waals surface area (Å²) in [6, 6.07) is 14.7. The van der Waals surface area contributed by atoms with Gasteiger partial charge in [0.15, 0.2) is 0 Å². The number of cyclic esters (lactones) is 1. The number of nitriles is 1. The molecule has 3 fully saturated rings. The summed E-state index contributed by atoms with van der Waals surface area (Å²) in [7, 11) is 0. The van der Waals surface area contributed by atoms with Gasteiger partial charge >= 0.3 is 6.09 Å². The Morgan fingerprint density at radius 1 is 1.20 bits per heavy atom. The summed E-state index contributed by atoms with van der Waals surface area (Å²) < 4.78 is 27.9. The van der Waals surface area contributed by atoms with Crippen LogP contribution in [0.15, 0.2) is 54.9 Å². The molecule has 3 aliphatic rings. The first-order chi connectivity index (χ1) is 19.1. The molecule has 2 aliphatic heterocycles. The van der Waals surface area contributed by atoms with Crippen molar-refractivity contribution < 1.29 is 23.8 Å². The molecule has 1 aromatic heterocycles. The third kappa shape index (κ3) is 4.62. The lowest BCUT2D eigenvalue weighted by Crippen LogP contribution is -2.43. The first kappa shape index (κ1) is 26.4. The highest BCUT2D eigenvalue weighted by molar-refractivity contribution is 5.90. The van der Waals surface area contributed by atoms with Gasteiger partial charge in [-0.05, 0) is 50.1 Å². The topological polar surface area (TPSA) is 117 Å². The molecule has 2 saturated heterocycles. The molecule has 3 heterocycles. The number of hydrogen-bond donors (Lipinski definition) is 1. The van der Waals surface area contributed by atoms with Crippen LogP contribution in [0.2, 0.25) is 0 Å². The molecule has 2 aromatic carbocycles. The number of aromatic nitrogens is 3. The fraction of sp³-hybridized carbons (Fsp3) is 0.448. The Kier molecular flexibility index (Phi) is 6.37. The predicted molar refractivity (Wildman–Crippen MR) is 142 cm³/mol. The molecule has 3 aromatic rings. The van der Waals surface area contributed by atoms with Gasteiger partial charge in [-0.15, -0.1) is 5.10 Å². The summed E-state index contributed by atoms with van der Waals surface area (Å²) in [5.41, 5.74) is 1.31. The van der Waals surface area contributed by atoms with E-state index in [9.17, 15) is 15.2 Å². The van der Waals surface area contributed by atoms with Crippen LogP contribution in [0.5, 0.6) is 0 Å². The lowest BCUT2D eigenvalue weighted by atomic mass is 9.90. The number of carbonyl (C=O) groups excluding carboxylic acids is 1. The maximum absolute atomic E-state index is 15.3. The van der Waals surface area contributed by atoms with Crippen LogP contribution in [0.1, 0.15) is 26.3 Å². The van der Waals surface area contributed by atoms with Crippen molar-refractivity contribution in [3.8, 4) is 17.2 Å². The van der Waals surface area contributed by atoms with Crippen molar-refractivity contribution in [1.82, 2.24) is 19.9 Å². The largest absolute Gasteiger partial charge is 0.442 e. The minimum Gasteiger partial charge on any atom is -0.442 e. The number of rotatable bonds is 7. The van der Waals surface area contributed by atoms with Crippen LogP contribution < -0.4 is 4.90 Å². The van der Waals surface area contributed by atoms with Crippen LogP contribution in [-0.2, 0) is 21.4 Å². The van der Waals surface area contributed by atoms with Crippen LogP contribution in [-0.4, -0.2) is 68.8 Å². The Morgan fingerprint density at radius 3 is 2.52 bits per heavy atom. The third-order valence-electron chi connectivity index (χ3n) is 8.04. The molecule has 1 amide bonds. The molecule has 0 spiro atoms. The number of aliphatic hydroxyl groups is 1. The predicted octanol–water partition coefficient (Wildman–Crippen LogP) is 3.52. The van der Waals surface area contributed by atoms with Crippen molar-refractivity contribution in [2.45, 2.75) is 50.8 Å². The number of likely N-dealkylation sites (tertiary alicyclic amines) is 1. The van der Waals surface area contributed by atoms with Gasteiger partial charge in [-0.25, -0.2) is 13.9 Å². The zero-order valence-electron chi connectivity index (χ0n) is 22.6. The van der Waals surface area contributed by atoms with E-state index in [1.165, 1.54) is 11.0 Å². The van der Waals surface area contributed by atoms with Gasteiger partial charge in [-0.2, -0.15) is 5.26 Å². The molecule has 208 valence electrons. The summed E-state index contributed by atoms with van der Waals surface area (Å²) >= 11 is 0. The van der Waals surface area contributed by atoms with Gasteiger partial charge in [0.2, 0.25) is 6.41 Å². The molecular formula is C29H31FN6O4. The van der Waals surface area contributed by atoms with Crippen molar-refractivity contribution in [2.75, 3.05) is 24.5 Å². The Hall–Kier alpha value is -3.85. The van der Waals surface area contributed by atoms with Crippen LogP contribution in [0.4, 0.5) is 14.9 Å². The summed E-state index contributed by atoms with van der Waals surface area (Å²) in [6.45, 7) is 7.47. The average molecular weight is 547 g/mol. The molecule has 40 heavy (non-hydrogen) atoms. The van der Waals surface area contributed by atoms with E-state index in [0.29, 0.717) is 36.4 Å². The van der Waals surface area contributed by atoms with Gasteiger partial charge in [-0.1, -0.05) is 29.5 Å². The second-order valence-electron chi connectivity index (χ2n) is 11.7. The summed E-state index contributed by atoms with van der Waals surface area (Å²) in [4.78, 5) is 15.7. The molecule has 5 atom stereocenters. The van der Waals surface area contributed by atoms with E-state index in [-0.39, 0.29) is 18.4 Å². The molecular weight excluding hydrogens is 515 g/mol. The number of aliphatic hydroxyl groups excluding tert-OH is 1. The molecule has 1 N–H and O–H groups in total. The fourth-order valence-electron chi connectivity index (χ4n) is 6.09. The maximum atomic E-state index is 15.3. The van der Waals surface area contributed by atoms with Gasteiger partial charge in [0, 0.05) is 36.7 Å². The Bertz CT molecular complexity index is 1440. The molecule has 1 aliphatic carbocycles. The highest BCUT2D eigenvalue weighted by Gasteiger charge is 2.70. The molecule has 0 bridgehead atoms. The summed E-state index contributed by atoms with van der Waals surface area (Å²) in [5.74, 6) is -0.253. The number of nitrogens with zero attached hydrogens (tertiary/aromatic N) is 6. The molecule has 10 nitrogen and oxygen atoms in total. The smallest absolute Gasteiger partial charge is 0.414 e. The van der Waals surface area contributed by atoms with E-state index in [1.54, 1.807) is 29.2 Å². The summed E-state index contributed by atoms with van der Waals surface area (Å²) in [5, 5.41) is 28.2. The zero-order chi connectivity index (χ0) is 28.2. The quantitative estimate of drug-likeness (QED) is 0.448. The number of amides is 1. The van der Waals surface area contributed by atoms with E-state index in [0.717, 1.165) is 5.56 Å². The second kappa shape index (κ2) is 9.66. The second-order valence-corrected chi connectivity index (χ2v) is 11.7. The Labute approximate surface area is 231 Å². The van der Waals surface area contributed by atoms with E-state index >= 15 is 4.39 Å². The number of anilines is 1. The van der Waals surface area contributed by atoms with E-state index in [1.807, 2.05) is 49.9 Å². The Balaban J connectivity index is 1.13. The van der Waals surface area contributed by atoms with Crippen molar-refractivity contribution in [2.24, 2.45) is 11.8 Å². The van der Waals surface area contributed by atoms with Gasteiger partial charge < -0.3 is 14.6 Å². The van der Waals surface area contributed by atoms with E-state index < -0.39 is 35.4 Å². The van der Waals surface area contributed by atoms with Gasteiger partial charge in [0.05, 0.1) is 42.1 Å². The van der Waals surface area contributed by atoms with E-state index in [4.69, 9.17) is 9.47 Å². The molecule has 0 radical (unpaired) electrons.